The Bertz CT molecular complexity index is 717. The van der Waals surface area contributed by atoms with Gasteiger partial charge in [-0.2, -0.15) is 0 Å². The van der Waals surface area contributed by atoms with Gasteiger partial charge in [-0.15, -0.1) is 0 Å². The maximum atomic E-state index is 6.40. The minimum absolute atomic E-state index is 0.136. The van der Waals surface area contributed by atoms with Gasteiger partial charge in [0.05, 0.1) is 0 Å². The Labute approximate surface area is 172 Å². The van der Waals surface area contributed by atoms with Crippen molar-refractivity contribution in [3.05, 3.63) is 36.2 Å². The molecule has 152 valence electrons. The molecule has 3 heterocycles. The lowest BCUT2D eigenvalue weighted by atomic mass is 10.0. The number of hydrogen-bond acceptors (Lipinski definition) is 7. The zero-order valence-corrected chi connectivity index (χ0v) is 17.8. The second-order valence-electron chi connectivity index (χ2n) is 7.86. The quantitative estimate of drug-likeness (QED) is 0.811. The minimum atomic E-state index is -0.136. The van der Waals surface area contributed by atoms with Crippen molar-refractivity contribution in [3.8, 4) is 0 Å². The smallest absolute Gasteiger partial charge is 0.172 e. The molecule has 28 heavy (non-hydrogen) atoms. The summed E-state index contributed by atoms with van der Waals surface area (Å²) in [7, 11) is 3.95. The molecule has 2 fully saturated rings. The van der Waals surface area contributed by atoms with E-state index in [0.29, 0.717) is 0 Å². The van der Waals surface area contributed by atoms with Crippen LogP contribution in [0.5, 0.6) is 0 Å². The van der Waals surface area contributed by atoms with E-state index in [2.05, 4.69) is 50.4 Å². The summed E-state index contributed by atoms with van der Waals surface area (Å²) < 4.78 is 0. The average Bonchev–Trinajstić information content (AvgIpc) is 3.27. The molecule has 7 heteroatoms. The molecule has 1 aromatic rings. The Morgan fingerprint density at radius 2 is 1.75 bits per heavy atom. The van der Waals surface area contributed by atoms with Gasteiger partial charge in [0.15, 0.2) is 5.17 Å². The van der Waals surface area contributed by atoms with E-state index in [9.17, 15) is 0 Å². The van der Waals surface area contributed by atoms with Gasteiger partial charge in [0.2, 0.25) is 0 Å². The van der Waals surface area contributed by atoms with Crippen LogP contribution in [0.15, 0.2) is 46.1 Å². The Morgan fingerprint density at radius 1 is 1.07 bits per heavy atom. The Balaban J connectivity index is 1.42. The summed E-state index contributed by atoms with van der Waals surface area (Å²) in [6.45, 7) is 4.71. The van der Waals surface area contributed by atoms with Gasteiger partial charge >= 0.3 is 0 Å². The number of amidine groups is 1. The average molecular weight is 401 g/mol. The third-order valence-electron chi connectivity index (χ3n) is 6.08. The number of likely N-dealkylation sites (tertiary alicyclic amines) is 2. The largest absolute Gasteiger partial charge is 0.388 e. The highest BCUT2D eigenvalue weighted by atomic mass is 32.2. The standard InChI is InChI=1S/C21H32N6S/c1-23-16-5-7-18(8-6-16)28-21-24-20(15-19(22)25(21)2)27-13-9-17(10-14-27)26-11-3-4-12-26/h5-8,15,17,19,23H,3-4,9-14,22H2,1-2H3. The van der Waals surface area contributed by atoms with Crippen molar-refractivity contribution in [1.82, 2.24) is 14.7 Å². The highest BCUT2D eigenvalue weighted by Crippen LogP contribution is 2.29. The molecule has 1 atom stereocenters. The van der Waals surface area contributed by atoms with Crippen LogP contribution in [-0.2, 0) is 0 Å². The van der Waals surface area contributed by atoms with Crippen LogP contribution < -0.4 is 11.1 Å². The van der Waals surface area contributed by atoms with Gasteiger partial charge in [-0.25, -0.2) is 4.99 Å². The molecule has 3 N–H and O–H groups in total. The number of likely N-dealkylation sites (N-methyl/N-ethyl adjacent to an activating group) is 1. The van der Waals surface area contributed by atoms with Crippen LogP contribution in [0.1, 0.15) is 25.7 Å². The fourth-order valence-corrected chi connectivity index (χ4v) is 5.13. The highest BCUT2D eigenvalue weighted by Gasteiger charge is 2.29. The molecule has 4 rings (SSSR count). The van der Waals surface area contributed by atoms with Crippen LogP contribution >= 0.6 is 11.8 Å². The Hall–Kier alpha value is -1.70. The summed E-state index contributed by atoms with van der Waals surface area (Å²) in [4.78, 5) is 13.3. The molecule has 3 aliphatic heterocycles. The third kappa shape index (κ3) is 4.31. The van der Waals surface area contributed by atoms with E-state index >= 15 is 0 Å². The van der Waals surface area contributed by atoms with E-state index in [4.69, 9.17) is 10.7 Å². The number of piperidine rings is 1. The van der Waals surface area contributed by atoms with Gasteiger partial charge in [0, 0.05) is 43.8 Å². The van der Waals surface area contributed by atoms with Gasteiger partial charge in [0.25, 0.3) is 0 Å². The van der Waals surface area contributed by atoms with Crippen LogP contribution in [0, 0.1) is 0 Å². The zero-order valence-electron chi connectivity index (χ0n) is 17.0. The van der Waals surface area contributed by atoms with Crippen molar-refractivity contribution >= 4 is 22.6 Å². The summed E-state index contributed by atoms with van der Waals surface area (Å²) in [5.74, 6) is 1.04. The number of thioether (sulfide) groups is 1. The molecule has 0 amide bonds. The fourth-order valence-electron chi connectivity index (χ4n) is 4.24. The van der Waals surface area contributed by atoms with Gasteiger partial charge in [-0.05, 0) is 69.1 Å². The topological polar surface area (TPSA) is 60.1 Å². The first-order valence-corrected chi connectivity index (χ1v) is 11.2. The van der Waals surface area contributed by atoms with Crippen LogP contribution in [0.25, 0.3) is 0 Å². The van der Waals surface area contributed by atoms with Crippen molar-refractivity contribution in [2.24, 2.45) is 10.7 Å². The zero-order chi connectivity index (χ0) is 19.5. The Morgan fingerprint density at radius 3 is 2.39 bits per heavy atom. The normalized spacial score (nSPS) is 24.3. The predicted octanol–water partition coefficient (Wildman–Crippen LogP) is 2.81. The second-order valence-corrected chi connectivity index (χ2v) is 8.90. The lowest BCUT2D eigenvalue weighted by Gasteiger charge is -2.39. The maximum absolute atomic E-state index is 6.40. The van der Waals surface area contributed by atoms with Crippen molar-refractivity contribution in [3.63, 3.8) is 0 Å². The molecule has 0 saturated carbocycles. The molecular weight excluding hydrogens is 368 g/mol. The second kappa shape index (κ2) is 8.76. The Kier molecular flexibility index (Phi) is 6.13. The monoisotopic (exact) mass is 400 g/mol. The molecule has 0 spiro atoms. The molecule has 0 aliphatic carbocycles. The lowest BCUT2D eigenvalue weighted by Crippen LogP contribution is -2.47. The number of nitrogens with zero attached hydrogens (tertiary/aromatic N) is 4. The molecule has 0 bridgehead atoms. The van der Waals surface area contributed by atoms with Gasteiger partial charge in [0.1, 0.15) is 12.0 Å². The SMILES string of the molecule is CNc1ccc(SC2=NC(N3CCC(N4CCCC4)CC3)=CC(N)N2C)cc1. The molecule has 6 nitrogen and oxygen atoms in total. The van der Waals surface area contributed by atoms with E-state index in [-0.39, 0.29) is 6.17 Å². The summed E-state index contributed by atoms with van der Waals surface area (Å²) in [5.41, 5.74) is 7.51. The summed E-state index contributed by atoms with van der Waals surface area (Å²) in [6, 6.07) is 9.18. The number of rotatable bonds is 4. The number of nitrogens with one attached hydrogen (secondary N) is 1. The first-order valence-electron chi connectivity index (χ1n) is 10.4. The van der Waals surface area contributed by atoms with E-state index in [1.807, 2.05) is 14.1 Å². The fraction of sp³-hybridized carbons (Fsp3) is 0.571. The molecular formula is C21H32N6S. The molecule has 0 radical (unpaired) electrons. The summed E-state index contributed by atoms with van der Waals surface area (Å²) in [5, 5.41) is 4.12. The van der Waals surface area contributed by atoms with Crippen molar-refractivity contribution < 1.29 is 0 Å². The molecule has 0 aromatic heterocycles. The van der Waals surface area contributed by atoms with E-state index < -0.39 is 0 Å². The van der Waals surface area contributed by atoms with Gasteiger partial charge in [-0.3, -0.25) is 0 Å². The number of anilines is 1. The van der Waals surface area contributed by atoms with E-state index in [1.54, 1.807) is 11.8 Å². The molecule has 3 aliphatic rings. The first kappa shape index (κ1) is 19.6. The number of benzene rings is 1. The number of nitrogens with two attached hydrogens (primary N) is 1. The molecule has 1 aromatic carbocycles. The predicted molar refractivity (Wildman–Crippen MR) is 119 cm³/mol. The van der Waals surface area contributed by atoms with Crippen LogP contribution in [0.3, 0.4) is 0 Å². The highest BCUT2D eigenvalue weighted by molar-refractivity contribution is 8.13. The minimum Gasteiger partial charge on any atom is -0.388 e. The third-order valence-corrected chi connectivity index (χ3v) is 7.15. The van der Waals surface area contributed by atoms with E-state index in [1.165, 1.54) is 43.7 Å². The number of hydrogen-bond donors (Lipinski definition) is 2. The summed E-state index contributed by atoms with van der Waals surface area (Å²) in [6.07, 6.45) is 7.16. The molecule has 2 saturated heterocycles. The van der Waals surface area contributed by atoms with E-state index in [0.717, 1.165) is 35.8 Å². The summed E-state index contributed by atoms with van der Waals surface area (Å²) >= 11 is 1.68. The first-order chi connectivity index (χ1) is 13.6. The van der Waals surface area contributed by atoms with Crippen LogP contribution in [-0.4, -0.2) is 72.3 Å². The number of aliphatic imine (C=N–C) groups is 1. The van der Waals surface area contributed by atoms with Crippen LogP contribution in [0.4, 0.5) is 5.69 Å². The maximum Gasteiger partial charge on any atom is 0.172 e. The van der Waals surface area contributed by atoms with Crippen molar-refractivity contribution in [2.75, 3.05) is 45.6 Å². The van der Waals surface area contributed by atoms with Gasteiger partial charge in [-0.1, -0.05) is 11.8 Å². The van der Waals surface area contributed by atoms with Crippen molar-refractivity contribution in [2.45, 2.75) is 42.8 Å². The van der Waals surface area contributed by atoms with Crippen molar-refractivity contribution in [1.29, 1.82) is 0 Å². The molecule has 1 unspecified atom stereocenters. The lowest BCUT2D eigenvalue weighted by molar-refractivity contribution is 0.145. The van der Waals surface area contributed by atoms with Gasteiger partial charge < -0.3 is 25.8 Å². The van der Waals surface area contributed by atoms with Crippen LogP contribution in [0.2, 0.25) is 0 Å².